The second-order valence-electron chi connectivity index (χ2n) is 14.1. The summed E-state index contributed by atoms with van der Waals surface area (Å²) >= 11 is 0. The van der Waals surface area contributed by atoms with E-state index >= 15 is 0 Å². The third-order valence-corrected chi connectivity index (χ3v) is 10.0. The topological polar surface area (TPSA) is 148 Å². The molecule has 0 fully saturated rings. The minimum atomic E-state index is -0.536. The van der Waals surface area contributed by atoms with E-state index in [0.717, 1.165) is 73.1 Å². The van der Waals surface area contributed by atoms with E-state index in [1.807, 2.05) is 18.2 Å². The maximum atomic E-state index is 11.6. The third kappa shape index (κ3) is 11.1. The van der Waals surface area contributed by atoms with Crippen LogP contribution in [0.25, 0.3) is 0 Å². The number of aryl methyl sites for hydroxylation is 2. The Labute approximate surface area is 344 Å². The molecule has 308 valence electrons. The van der Waals surface area contributed by atoms with Crippen LogP contribution < -0.4 is 34.8 Å². The number of carbonyl (C=O) groups is 3. The van der Waals surface area contributed by atoms with Crippen LogP contribution in [0.2, 0.25) is 0 Å². The quantitative estimate of drug-likeness (QED) is 0.0994. The first kappa shape index (κ1) is 42.0. The van der Waals surface area contributed by atoms with Crippen LogP contribution in [-0.4, -0.2) is 76.7 Å². The summed E-state index contributed by atoms with van der Waals surface area (Å²) in [5, 5.41) is 11.9. The van der Waals surface area contributed by atoms with Gasteiger partial charge in [-0.2, -0.15) is 0 Å². The van der Waals surface area contributed by atoms with Crippen molar-refractivity contribution < 1.29 is 43.3 Å². The van der Waals surface area contributed by atoms with E-state index in [1.165, 1.54) is 31.0 Å². The molecular weight excluding hydrogens is 753 g/mol. The lowest BCUT2D eigenvalue weighted by Gasteiger charge is -2.22. The Morgan fingerprint density at radius 3 is 1.49 bits per heavy atom. The van der Waals surface area contributed by atoms with Gasteiger partial charge in [0.25, 0.3) is 5.91 Å². The van der Waals surface area contributed by atoms with Gasteiger partial charge in [-0.25, -0.2) is 15.1 Å². The van der Waals surface area contributed by atoms with Gasteiger partial charge in [-0.15, -0.1) is 0 Å². The molecular formula is C46H50N4O9. The summed E-state index contributed by atoms with van der Waals surface area (Å²) in [7, 11) is 2.75. The number of methoxy groups -OCH3 is 2. The molecule has 0 spiro atoms. The van der Waals surface area contributed by atoms with Gasteiger partial charge in [0.15, 0.2) is 0 Å². The highest BCUT2D eigenvalue weighted by molar-refractivity contribution is 5.94. The van der Waals surface area contributed by atoms with Crippen molar-refractivity contribution in [2.45, 2.75) is 33.5 Å². The van der Waals surface area contributed by atoms with Crippen LogP contribution in [0.1, 0.15) is 58.9 Å². The van der Waals surface area contributed by atoms with Gasteiger partial charge in [0.1, 0.15) is 37.1 Å². The molecule has 0 saturated heterocycles. The van der Waals surface area contributed by atoms with E-state index < -0.39 is 5.91 Å². The van der Waals surface area contributed by atoms with Crippen molar-refractivity contribution in [3.63, 3.8) is 0 Å². The predicted octanol–water partition coefficient (Wildman–Crippen LogP) is 6.65. The number of hydroxylamine groups is 1. The monoisotopic (exact) mass is 802 g/mol. The van der Waals surface area contributed by atoms with Crippen LogP contribution in [-0.2, 0) is 29.1 Å². The molecule has 8 rings (SSSR count). The predicted molar refractivity (Wildman–Crippen MR) is 224 cm³/mol. The maximum Gasteiger partial charge on any atom is 0.337 e. The Morgan fingerprint density at radius 2 is 1.02 bits per heavy atom. The van der Waals surface area contributed by atoms with Crippen molar-refractivity contribution in [3.05, 3.63) is 148 Å². The number of ether oxygens (including phenoxy) is 5. The van der Waals surface area contributed by atoms with Crippen LogP contribution in [0.3, 0.4) is 0 Å². The first-order chi connectivity index (χ1) is 28.6. The van der Waals surface area contributed by atoms with Gasteiger partial charge in [0, 0.05) is 59.8 Å². The lowest BCUT2D eigenvalue weighted by molar-refractivity contribution is 0.0591. The van der Waals surface area contributed by atoms with Crippen LogP contribution >= 0.6 is 0 Å². The van der Waals surface area contributed by atoms with Crippen molar-refractivity contribution in [3.8, 4) is 17.2 Å². The minimum Gasteiger partial charge on any atom is -0.492 e. The highest BCUT2D eigenvalue weighted by atomic mass is 16.5. The molecule has 5 aromatic carbocycles. The smallest absolute Gasteiger partial charge is 0.337 e. The van der Waals surface area contributed by atoms with Gasteiger partial charge >= 0.3 is 11.9 Å². The Kier molecular flexibility index (Phi) is 14.4. The molecule has 3 N–H and O–H groups in total. The van der Waals surface area contributed by atoms with E-state index in [4.69, 9.17) is 24.2 Å². The zero-order valence-electron chi connectivity index (χ0n) is 33.8. The number of hydrogen-bond acceptors (Lipinski definition) is 12. The zero-order chi connectivity index (χ0) is 41.7. The first-order valence-electron chi connectivity index (χ1n) is 19.4. The Hall–Kier alpha value is -6.57. The maximum absolute atomic E-state index is 11.6. The average Bonchev–Trinajstić information content (AvgIpc) is 3.74. The van der Waals surface area contributed by atoms with Crippen LogP contribution in [0.15, 0.2) is 103 Å². The summed E-state index contributed by atoms with van der Waals surface area (Å²) in [6.07, 6.45) is 0. The second kappa shape index (κ2) is 20.2. The van der Waals surface area contributed by atoms with Gasteiger partial charge in [-0.3, -0.25) is 10.0 Å². The third-order valence-electron chi connectivity index (χ3n) is 10.0. The van der Waals surface area contributed by atoms with Crippen LogP contribution in [0.4, 0.5) is 11.4 Å². The molecule has 5 aromatic rings. The summed E-state index contributed by atoms with van der Waals surface area (Å²) < 4.78 is 26.5. The number of amides is 1. The minimum absolute atomic E-state index is 0.335. The number of benzene rings is 5. The summed E-state index contributed by atoms with van der Waals surface area (Å²) in [6.45, 7) is 10.6. The normalized spacial score (nSPS) is 14.1. The van der Waals surface area contributed by atoms with Crippen molar-refractivity contribution in [2.24, 2.45) is 0 Å². The van der Waals surface area contributed by atoms with Gasteiger partial charge in [0.2, 0.25) is 0 Å². The molecule has 59 heavy (non-hydrogen) atoms. The molecule has 3 heterocycles. The van der Waals surface area contributed by atoms with Crippen molar-refractivity contribution >= 4 is 29.2 Å². The molecule has 0 unspecified atom stereocenters. The van der Waals surface area contributed by atoms with E-state index in [0.29, 0.717) is 42.3 Å². The molecule has 0 aromatic heterocycles. The van der Waals surface area contributed by atoms with E-state index in [1.54, 1.807) is 41.9 Å². The molecule has 0 aliphatic carbocycles. The highest BCUT2D eigenvalue weighted by Crippen LogP contribution is 2.29. The van der Waals surface area contributed by atoms with Crippen LogP contribution in [0, 0.1) is 13.8 Å². The summed E-state index contributed by atoms with van der Waals surface area (Å²) in [5.74, 6) is 1.01. The van der Waals surface area contributed by atoms with Gasteiger partial charge in [0.05, 0.1) is 38.4 Å². The summed E-state index contributed by atoms with van der Waals surface area (Å²) in [6, 6.07) is 33.0. The van der Waals surface area contributed by atoms with Crippen molar-refractivity contribution in [1.29, 1.82) is 0 Å². The zero-order valence-corrected chi connectivity index (χ0v) is 33.8. The Morgan fingerprint density at radius 1 is 0.593 bits per heavy atom. The van der Waals surface area contributed by atoms with E-state index in [2.05, 4.69) is 82.2 Å². The van der Waals surface area contributed by atoms with Gasteiger partial charge < -0.3 is 38.8 Å². The average molecular weight is 803 g/mol. The Balaban J connectivity index is 0.000000152. The number of anilines is 2. The molecule has 0 radical (unpaired) electrons. The number of esters is 2. The number of fused-ring (bicyclic) bond motifs is 3. The SMILES string of the molecule is COC(=O)c1ccc2c(c1)OCCN(c1ccc(C)cc1)C2.COC(=O)c1ccc2c(c1)OCCNC2.Cc1ccc(N2CCOc3cc(C(=O)NO)ccc3C2)cc1. The molecule has 0 bridgehead atoms. The van der Waals surface area contributed by atoms with Crippen molar-refractivity contribution in [2.75, 3.05) is 63.5 Å². The molecule has 0 atom stereocenters. The lowest BCUT2D eigenvalue weighted by atomic mass is 10.1. The molecule has 13 heteroatoms. The lowest BCUT2D eigenvalue weighted by Crippen LogP contribution is -2.25. The largest absolute Gasteiger partial charge is 0.492 e. The second-order valence-corrected chi connectivity index (χ2v) is 14.1. The fourth-order valence-corrected chi connectivity index (χ4v) is 6.68. The molecule has 0 saturated carbocycles. The highest BCUT2D eigenvalue weighted by Gasteiger charge is 2.20. The summed E-state index contributed by atoms with van der Waals surface area (Å²) in [4.78, 5) is 38.9. The summed E-state index contributed by atoms with van der Waals surface area (Å²) in [5.41, 5.74) is 11.0. The van der Waals surface area contributed by atoms with Crippen molar-refractivity contribution in [1.82, 2.24) is 10.8 Å². The standard InChI is InChI=1S/C18H19NO3.C17H18N2O3.C11H13NO3/c1-13-3-7-16(8-4-13)19-9-10-22-17-11-14(18(20)21-2)5-6-15(17)12-19;1-12-2-6-15(7-3-12)19-8-9-22-16-10-13(17(20)18-21)4-5-14(16)11-19;1-14-11(13)8-2-3-9-7-12-4-5-15-10(9)6-8/h3-8,11H,9-10,12H2,1-2H3;2-7,10,21H,8-9,11H2,1H3,(H,18,20);2-3,6,12H,4-5,7H2,1H3. The molecule has 13 nitrogen and oxygen atoms in total. The number of nitrogens with zero attached hydrogens (tertiary/aromatic N) is 2. The molecule has 1 amide bonds. The fourth-order valence-electron chi connectivity index (χ4n) is 6.68. The first-order valence-corrected chi connectivity index (χ1v) is 19.4. The Bertz CT molecular complexity index is 2110. The fraction of sp³-hybridized carbons (Fsp3) is 0.283. The van der Waals surface area contributed by atoms with E-state index in [9.17, 15) is 14.4 Å². The van der Waals surface area contributed by atoms with Crippen LogP contribution in [0.5, 0.6) is 17.2 Å². The number of rotatable bonds is 5. The number of carbonyl (C=O) groups excluding carboxylic acids is 3. The van der Waals surface area contributed by atoms with Gasteiger partial charge in [-0.05, 0) is 74.5 Å². The molecule has 3 aliphatic heterocycles. The number of nitrogens with one attached hydrogen (secondary N) is 2. The molecule has 3 aliphatic rings. The van der Waals surface area contributed by atoms with Gasteiger partial charge in [-0.1, -0.05) is 53.6 Å². The van der Waals surface area contributed by atoms with E-state index in [-0.39, 0.29) is 11.9 Å². The number of hydrogen-bond donors (Lipinski definition) is 3.